The first-order chi connectivity index (χ1) is 7.25. The first-order valence-electron chi connectivity index (χ1n) is 5.06. The minimum Gasteiger partial charge on any atom is -0.355 e. The molecule has 0 saturated carbocycles. The van der Waals surface area contributed by atoms with Crippen LogP contribution in [0.15, 0.2) is 29.3 Å². The first-order valence-corrected chi connectivity index (χ1v) is 5.44. The fourth-order valence-electron chi connectivity index (χ4n) is 1.53. The maximum atomic E-state index is 5.83. The number of nitrogens with zero attached hydrogens (tertiary/aromatic N) is 1. The highest BCUT2D eigenvalue weighted by molar-refractivity contribution is 6.30. The van der Waals surface area contributed by atoms with Crippen LogP contribution in [0, 0.1) is 0 Å². The van der Waals surface area contributed by atoms with Crippen LogP contribution in [0.4, 0.5) is 0 Å². The van der Waals surface area contributed by atoms with Gasteiger partial charge in [-0.1, -0.05) is 23.7 Å². The van der Waals surface area contributed by atoms with Gasteiger partial charge in [-0.05, 0) is 24.6 Å². The van der Waals surface area contributed by atoms with E-state index in [0.717, 1.165) is 24.1 Å². The zero-order valence-electron chi connectivity index (χ0n) is 8.63. The Morgan fingerprint density at radius 2 is 2.13 bits per heavy atom. The van der Waals surface area contributed by atoms with Gasteiger partial charge in [0.1, 0.15) is 0 Å². The van der Waals surface area contributed by atoms with Crippen LogP contribution in [0.2, 0.25) is 5.02 Å². The molecule has 0 saturated heterocycles. The Kier molecular flexibility index (Phi) is 3.11. The van der Waals surface area contributed by atoms with Crippen molar-refractivity contribution in [3.63, 3.8) is 0 Å². The van der Waals surface area contributed by atoms with Gasteiger partial charge in [0, 0.05) is 11.6 Å². The lowest BCUT2D eigenvalue weighted by molar-refractivity contribution is 0.702. The van der Waals surface area contributed by atoms with Crippen molar-refractivity contribution in [1.82, 2.24) is 10.6 Å². The largest absolute Gasteiger partial charge is 0.355 e. The van der Waals surface area contributed by atoms with E-state index in [1.165, 1.54) is 5.56 Å². The predicted octanol–water partition coefficient (Wildman–Crippen LogP) is 1.95. The van der Waals surface area contributed by atoms with E-state index < -0.39 is 0 Å². The van der Waals surface area contributed by atoms with Crippen LogP contribution in [0.25, 0.3) is 0 Å². The van der Waals surface area contributed by atoms with Crippen molar-refractivity contribution in [2.75, 3.05) is 13.1 Å². The fraction of sp³-hybridized carbons (Fsp3) is 0.364. The summed E-state index contributed by atoms with van der Waals surface area (Å²) in [5.74, 6) is 0.887. The zero-order chi connectivity index (χ0) is 10.7. The molecule has 2 rings (SSSR count). The molecule has 1 aromatic carbocycles. The van der Waals surface area contributed by atoms with Crippen LogP contribution in [-0.2, 0) is 0 Å². The number of hydrogen-bond donors (Lipinski definition) is 2. The number of benzene rings is 1. The summed E-state index contributed by atoms with van der Waals surface area (Å²) < 4.78 is 0. The van der Waals surface area contributed by atoms with E-state index in [1.54, 1.807) is 0 Å². The smallest absolute Gasteiger partial charge is 0.191 e. The van der Waals surface area contributed by atoms with Gasteiger partial charge in [-0.25, -0.2) is 0 Å². The Balaban J connectivity index is 2.00. The van der Waals surface area contributed by atoms with Gasteiger partial charge in [0.15, 0.2) is 5.96 Å². The van der Waals surface area contributed by atoms with Gasteiger partial charge in [0.05, 0.1) is 12.6 Å². The Labute approximate surface area is 94.5 Å². The second kappa shape index (κ2) is 4.53. The zero-order valence-corrected chi connectivity index (χ0v) is 9.38. The highest BCUT2D eigenvalue weighted by atomic mass is 35.5. The van der Waals surface area contributed by atoms with Gasteiger partial charge in [-0.15, -0.1) is 0 Å². The summed E-state index contributed by atoms with van der Waals surface area (Å²) in [6, 6.07) is 8.09. The monoisotopic (exact) mass is 223 g/mol. The van der Waals surface area contributed by atoms with Crippen LogP contribution in [0.5, 0.6) is 0 Å². The quantitative estimate of drug-likeness (QED) is 0.804. The lowest BCUT2D eigenvalue weighted by atomic mass is 10.1. The van der Waals surface area contributed by atoms with Crippen molar-refractivity contribution in [3.05, 3.63) is 34.9 Å². The molecule has 0 aromatic heterocycles. The average Bonchev–Trinajstić information content (AvgIpc) is 2.71. The van der Waals surface area contributed by atoms with E-state index in [0.29, 0.717) is 0 Å². The molecule has 0 amide bonds. The third kappa shape index (κ3) is 2.63. The number of hydrogen-bond acceptors (Lipinski definition) is 3. The van der Waals surface area contributed by atoms with Gasteiger partial charge in [0.2, 0.25) is 0 Å². The average molecular weight is 224 g/mol. The summed E-state index contributed by atoms with van der Waals surface area (Å²) in [4.78, 5) is 4.29. The summed E-state index contributed by atoms with van der Waals surface area (Å²) in [6.07, 6.45) is 0. The highest BCUT2D eigenvalue weighted by Gasteiger charge is 2.09. The standard InChI is InChI=1S/C11H14ClN3/c1-8(15-11-13-6-7-14-11)9-2-4-10(12)5-3-9/h2-5,8H,6-7H2,1H3,(H2,13,14,15)/t8-/m1/s1. The van der Waals surface area contributed by atoms with Gasteiger partial charge in [-0.2, -0.15) is 0 Å². The van der Waals surface area contributed by atoms with E-state index in [4.69, 9.17) is 11.6 Å². The van der Waals surface area contributed by atoms with Crippen molar-refractivity contribution in [1.29, 1.82) is 0 Å². The Bertz CT molecular complexity index is 359. The SMILES string of the molecule is C[C@@H](NC1=NCCN1)c1ccc(Cl)cc1. The minimum absolute atomic E-state index is 0.242. The molecular formula is C11H14ClN3. The molecule has 80 valence electrons. The molecule has 4 heteroatoms. The summed E-state index contributed by atoms with van der Waals surface area (Å²) in [5.41, 5.74) is 1.20. The Morgan fingerprint density at radius 1 is 1.40 bits per heavy atom. The van der Waals surface area contributed by atoms with Crippen LogP contribution in [-0.4, -0.2) is 19.0 Å². The van der Waals surface area contributed by atoms with Gasteiger partial charge >= 0.3 is 0 Å². The third-order valence-corrected chi connectivity index (χ3v) is 2.65. The molecule has 1 atom stereocenters. The Morgan fingerprint density at radius 3 is 2.73 bits per heavy atom. The number of guanidine groups is 1. The Hall–Kier alpha value is -1.22. The van der Waals surface area contributed by atoms with Crippen molar-refractivity contribution < 1.29 is 0 Å². The fourth-order valence-corrected chi connectivity index (χ4v) is 1.66. The van der Waals surface area contributed by atoms with Crippen molar-refractivity contribution >= 4 is 17.6 Å². The van der Waals surface area contributed by atoms with Crippen molar-refractivity contribution in [2.24, 2.45) is 4.99 Å². The second-order valence-electron chi connectivity index (χ2n) is 3.57. The molecular weight excluding hydrogens is 210 g/mol. The molecule has 1 heterocycles. The maximum Gasteiger partial charge on any atom is 0.191 e. The van der Waals surface area contributed by atoms with Gasteiger partial charge < -0.3 is 10.6 Å². The van der Waals surface area contributed by atoms with E-state index in [2.05, 4.69) is 22.5 Å². The summed E-state index contributed by atoms with van der Waals surface area (Å²) in [7, 11) is 0. The minimum atomic E-state index is 0.242. The molecule has 0 bridgehead atoms. The number of aliphatic imine (C=N–C) groups is 1. The molecule has 0 unspecified atom stereocenters. The van der Waals surface area contributed by atoms with Crippen molar-refractivity contribution in [3.8, 4) is 0 Å². The van der Waals surface area contributed by atoms with Crippen LogP contribution in [0.3, 0.4) is 0 Å². The topological polar surface area (TPSA) is 36.4 Å². The number of nitrogens with one attached hydrogen (secondary N) is 2. The number of halogens is 1. The summed E-state index contributed by atoms with van der Waals surface area (Å²) in [6.45, 7) is 3.89. The van der Waals surface area contributed by atoms with Crippen LogP contribution >= 0.6 is 11.6 Å². The molecule has 0 fully saturated rings. The molecule has 15 heavy (non-hydrogen) atoms. The molecule has 3 nitrogen and oxygen atoms in total. The van der Waals surface area contributed by atoms with Crippen LogP contribution in [0.1, 0.15) is 18.5 Å². The molecule has 0 radical (unpaired) electrons. The lowest BCUT2D eigenvalue weighted by Crippen LogP contribution is -2.35. The van der Waals surface area contributed by atoms with E-state index in [-0.39, 0.29) is 6.04 Å². The first kappa shape index (κ1) is 10.3. The summed E-state index contributed by atoms with van der Waals surface area (Å²) >= 11 is 5.83. The second-order valence-corrected chi connectivity index (χ2v) is 4.01. The molecule has 1 aliphatic rings. The molecule has 1 aromatic rings. The van der Waals surface area contributed by atoms with E-state index in [1.807, 2.05) is 24.3 Å². The highest BCUT2D eigenvalue weighted by Crippen LogP contribution is 2.15. The molecule has 0 aliphatic carbocycles. The molecule has 1 aliphatic heterocycles. The molecule has 2 N–H and O–H groups in total. The lowest BCUT2D eigenvalue weighted by Gasteiger charge is -2.15. The predicted molar refractivity (Wildman–Crippen MR) is 63.3 cm³/mol. The van der Waals surface area contributed by atoms with E-state index in [9.17, 15) is 0 Å². The van der Waals surface area contributed by atoms with Crippen LogP contribution < -0.4 is 10.6 Å². The third-order valence-electron chi connectivity index (χ3n) is 2.40. The van der Waals surface area contributed by atoms with Crippen molar-refractivity contribution in [2.45, 2.75) is 13.0 Å². The van der Waals surface area contributed by atoms with Gasteiger partial charge in [0.25, 0.3) is 0 Å². The summed E-state index contributed by atoms with van der Waals surface area (Å²) in [5, 5.41) is 7.26. The maximum absolute atomic E-state index is 5.83. The van der Waals surface area contributed by atoms with Gasteiger partial charge in [-0.3, -0.25) is 4.99 Å². The number of rotatable bonds is 2. The van der Waals surface area contributed by atoms with E-state index >= 15 is 0 Å². The molecule has 0 spiro atoms. The normalized spacial score (nSPS) is 16.8.